The first-order valence-corrected chi connectivity index (χ1v) is 6.52. The van der Waals surface area contributed by atoms with E-state index < -0.39 is 9.84 Å². The molecule has 4 heteroatoms. The summed E-state index contributed by atoms with van der Waals surface area (Å²) in [4.78, 5) is 0. The maximum Gasteiger partial charge on any atom is 0.150 e. The van der Waals surface area contributed by atoms with E-state index in [0.29, 0.717) is 12.2 Å². The van der Waals surface area contributed by atoms with Crippen LogP contribution in [-0.4, -0.2) is 19.9 Å². The Morgan fingerprint density at radius 1 is 1.38 bits per heavy atom. The van der Waals surface area contributed by atoms with Crippen molar-refractivity contribution < 1.29 is 8.42 Å². The van der Waals surface area contributed by atoms with Gasteiger partial charge in [-0.3, -0.25) is 0 Å². The highest BCUT2D eigenvalue weighted by atomic mass is 32.2. The number of rotatable bonds is 1. The smallest absolute Gasteiger partial charge is 0.150 e. The van der Waals surface area contributed by atoms with Crippen LogP contribution in [0.2, 0.25) is 0 Å². The second-order valence-electron chi connectivity index (χ2n) is 4.22. The van der Waals surface area contributed by atoms with Gasteiger partial charge in [0.15, 0.2) is 9.84 Å². The molecule has 0 amide bonds. The summed E-state index contributed by atoms with van der Waals surface area (Å²) in [6, 6.07) is 2.33. The van der Waals surface area contributed by atoms with E-state index in [1.54, 1.807) is 0 Å². The van der Waals surface area contributed by atoms with Gasteiger partial charge in [0, 0.05) is 0 Å². The lowest BCUT2D eigenvalue weighted by Crippen LogP contribution is -2.36. The van der Waals surface area contributed by atoms with Gasteiger partial charge in [0.05, 0.1) is 23.0 Å². The topological polar surface area (TPSA) is 57.9 Å². The van der Waals surface area contributed by atoms with Crippen molar-refractivity contribution in [1.29, 1.82) is 5.26 Å². The largest absolute Gasteiger partial charge is 0.229 e. The molecule has 1 saturated heterocycles. The van der Waals surface area contributed by atoms with Gasteiger partial charge in [-0.15, -0.1) is 0 Å². The van der Waals surface area contributed by atoms with Crippen molar-refractivity contribution >= 4 is 9.84 Å². The second kappa shape index (κ2) is 2.71. The standard InChI is InChI=1S/C9H13NO2S/c10-7-9(3-1-4-9)8-2-5-13(11,12)6-8/h8H,1-6H2. The molecule has 0 spiro atoms. The molecule has 0 N–H and O–H groups in total. The first-order chi connectivity index (χ1) is 6.08. The first-order valence-electron chi connectivity index (χ1n) is 4.70. The number of sulfone groups is 1. The monoisotopic (exact) mass is 199 g/mol. The van der Waals surface area contributed by atoms with Crippen LogP contribution in [0.15, 0.2) is 0 Å². The van der Waals surface area contributed by atoms with Crippen LogP contribution in [0.4, 0.5) is 0 Å². The molecule has 72 valence electrons. The Morgan fingerprint density at radius 2 is 2.08 bits per heavy atom. The molecule has 2 rings (SSSR count). The zero-order valence-corrected chi connectivity index (χ0v) is 8.31. The van der Waals surface area contributed by atoms with Gasteiger partial charge in [0.25, 0.3) is 0 Å². The lowest BCUT2D eigenvalue weighted by Gasteiger charge is -2.39. The van der Waals surface area contributed by atoms with Crippen LogP contribution >= 0.6 is 0 Å². The predicted octanol–water partition coefficient (Wildman–Crippen LogP) is 1.11. The molecule has 0 radical (unpaired) electrons. The van der Waals surface area contributed by atoms with Gasteiger partial charge in [-0.25, -0.2) is 8.42 Å². The zero-order chi connectivity index (χ0) is 9.53. The molecule has 1 heterocycles. The predicted molar refractivity (Wildman–Crippen MR) is 48.7 cm³/mol. The van der Waals surface area contributed by atoms with E-state index in [2.05, 4.69) is 6.07 Å². The summed E-state index contributed by atoms with van der Waals surface area (Å²) >= 11 is 0. The maximum atomic E-state index is 11.2. The first kappa shape index (κ1) is 9.01. The minimum absolute atomic E-state index is 0.122. The Bertz CT molecular complexity index is 348. The van der Waals surface area contributed by atoms with E-state index in [4.69, 9.17) is 5.26 Å². The quantitative estimate of drug-likeness (QED) is 0.635. The Morgan fingerprint density at radius 3 is 2.38 bits per heavy atom. The molecule has 0 bridgehead atoms. The molecule has 3 nitrogen and oxygen atoms in total. The minimum Gasteiger partial charge on any atom is -0.229 e. The normalized spacial score (nSPS) is 34.8. The third-order valence-electron chi connectivity index (χ3n) is 3.48. The summed E-state index contributed by atoms with van der Waals surface area (Å²) in [5.41, 5.74) is -0.274. The maximum absolute atomic E-state index is 11.2. The highest BCUT2D eigenvalue weighted by Crippen LogP contribution is 2.50. The van der Waals surface area contributed by atoms with E-state index in [0.717, 1.165) is 19.3 Å². The van der Waals surface area contributed by atoms with Gasteiger partial charge in [0.1, 0.15) is 0 Å². The molecule has 2 aliphatic rings. The van der Waals surface area contributed by atoms with Crippen molar-refractivity contribution in [3.63, 3.8) is 0 Å². The van der Waals surface area contributed by atoms with Gasteiger partial charge in [-0.1, -0.05) is 6.42 Å². The van der Waals surface area contributed by atoms with Gasteiger partial charge < -0.3 is 0 Å². The molecule has 1 aliphatic heterocycles. The van der Waals surface area contributed by atoms with Gasteiger partial charge in [-0.2, -0.15) is 5.26 Å². The fraction of sp³-hybridized carbons (Fsp3) is 0.889. The molecular formula is C9H13NO2S. The van der Waals surface area contributed by atoms with E-state index >= 15 is 0 Å². The Kier molecular flexibility index (Phi) is 1.88. The van der Waals surface area contributed by atoms with Crippen LogP contribution in [0, 0.1) is 22.7 Å². The van der Waals surface area contributed by atoms with E-state index in [9.17, 15) is 8.42 Å². The zero-order valence-electron chi connectivity index (χ0n) is 7.49. The third kappa shape index (κ3) is 1.35. The summed E-state index contributed by atoms with van der Waals surface area (Å²) in [7, 11) is -2.82. The molecule has 2 fully saturated rings. The van der Waals surface area contributed by atoms with E-state index in [1.165, 1.54) is 0 Å². The van der Waals surface area contributed by atoms with Crippen molar-refractivity contribution in [3.8, 4) is 6.07 Å². The Labute approximate surface area is 78.7 Å². The van der Waals surface area contributed by atoms with Crippen molar-refractivity contribution in [3.05, 3.63) is 0 Å². The van der Waals surface area contributed by atoms with Crippen molar-refractivity contribution in [2.24, 2.45) is 11.3 Å². The highest BCUT2D eigenvalue weighted by molar-refractivity contribution is 7.91. The average molecular weight is 199 g/mol. The summed E-state index contributed by atoms with van der Waals surface area (Å²) in [6.07, 6.45) is 3.60. The Hall–Kier alpha value is -0.560. The molecular weight excluding hydrogens is 186 g/mol. The molecule has 1 unspecified atom stereocenters. The third-order valence-corrected chi connectivity index (χ3v) is 5.25. The fourth-order valence-corrected chi connectivity index (χ4v) is 4.31. The average Bonchev–Trinajstić information content (AvgIpc) is 2.30. The van der Waals surface area contributed by atoms with Crippen molar-refractivity contribution in [2.75, 3.05) is 11.5 Å². The second-order valence-corrected chi connectivity index (χ2v) is 6.45. The number of nitrogens with zero attached hydrogens (tertiary/aromatic N) is 1. The molecule has 13 heavy (non-hydrogen) atoms. The molecule has 0 aromatic carbocycles. The van der Waals surface area contributed by atoms with Gasteiger partial charge >= 0.3 is 0 Å². The van der Waals surface area contributed by atoms with Crippen LogP contribution in [-0.2, 0) is 9.84 Å². The van der Waals surface area contributed by atoms with Crippen LogP contribution in [0.1, 0.15) is 25.7 Å². The van der Waals surface area contributed by atoms with Crippen LogP contribution in [0.25, 0.3) is 0 Å². The van der Waals surface area contributed by atoms with Crippen LogP contribution in [0.3, 0.4) is 0 Å². The highest BCUT2D eigenvalue weighted by Gasteiger charge is 2.48. The lowest BCUT2D eigenvalue weighted by atomic mass is 9.62. The summed E-state index contributed by atoms with van der Waals surface area (Å²) in [6.45, 7) is 0. The molecule has 0 aromatic heterocycles. The molecule has 1 atom stereocenters. The van der Waals surface area contributed by atoms with Crippen molar-refractivity contribution in [1.82, 2.24) is 0 Å². The van der Waals surface area contributed by atoms with E-state index in [1.807, 2.05) is 0 Å². The minimum atomic E-state index is -2.82. The van der Waals surface area contributed by atoms with Gasteiger partial charge in [-0.05, 0) is 25.2 Å². The number of hydrogen-bond acceptors (Lipinski definition) is 3. The summed E-state index contributed by atoms with van der Waals surface area (Å²) in [5, 5.41) is 9.02. The van der Waals surface area contributed by atoms with E-state index in [-0.39, 0.29) is 17.1 Å². The molecule has 1 aliphatic carbocycles. The Balaban J connectivity index is 2.16. The fourth-order valence-electron chi connectivity index (χ4n) is 2.40. The van der Waals surface area contributed by atoms with Crippen LogP contribution < -0.4 is 0 Å². The van der Waals surface area contributed by atoms with Crippen LogP contribution in [0.5, 0.6) is 0 Å². The van der Waals surface area contributed by atoms with Gasteiger partial charge in [0.2, 0.25) is 0 Å². The van der Waals surface area contributed by atoms with Crippen molar-refractivity contribution in [2.45, 2.75) is 25.7 Å². The number of nitriles is 1. The molecule has 0 aromatic rings. The summed E-state index contributed by atoms with van der Waals surface area (Å²) in [5.74, 6) is 0.665. The SMILES string of the molecule is N#CC1(C2CCS(=O)(=O)C2)CCC1. The lowest BCUT2D eigenvalue weighted by molar-refractivity contribution is 0.133. The molecule has 1 saturated carbocycles. The number of hydrogen-bond donors (Lipinski definition) is 0. The summed E-state index contributed by atoms with van der Waals surface area (Å²) < 4.78 is 22.5.